The van der Waals surface area contributed by atoms with Crippen molar-refractivity contribution >= 4 is 17.2 Å². The molecule has 1 rings (SSSR count). The number of alkyl halides is 1. The zero-order valence-corrected chi connectivity index (χ0v) is 12.0. The monoisotopic (exact) mass is 307 g/mol. The molecule has 1 aromatic carbocycles. The largest absolute Gasteiger partial charge is 0.461 e. The van der Waals surface area contributed by atoms with Gasteiger partial charge in [-0.25, -0.2) is 4.39 Å². The first kappa shape index (κ1) is 17.4. The second kappa shape index (κ2) is 8.58. The second-order valence-electron chi connectivity index (χ2n) is 4.27. The second-order valence-corrected chi connectivity index (χ2v) is 4.27. The summed E-state index contributed by atoms with van der Waals surface area (Å²) in [5.74, 6) is -0.261. The number of nitrogens with two attached hydrogens (primary N) is 1. The van der Waals surface area contributed by atoms with Crippen molar-refractivity contribution in [3.63, 3.8) is 0 Å². The van der Waals surface area contributed by atoms with Gasteiger partial charge in [0.15, 0.2) is 0 Å². The summed E-state index contributed by atoms with van der Waals surface area (Å²) in [7, 11) is 0. The van der Waals surface area contributed by atoms with Crippen molar-refractivity contribution in [1.82, 2.24) is 0 Å². The Balaban J connectivity index is 2.54. The number of carbonyl (C=O) groups excluding carboxylic acids is 1. The van der Waals surface area contributed by atoms with Gasteiger partial charge in [-0.05, 0) is 36.5 Å². The van der Waals surface area contributed by atoms with Gasteiger partial charge in [0.2, 0.25) is 12.1 Å². The third kappa shape index (κ3) is 5.76. The molecule has 0 aliphatic carbocycles. The van der Waals surface area contributed by atoms with E-state index in [-0.39, 0.29) is 0 Å². The molecule has 2 atom stereocenters. The Bertz CT molecular complexity index is 568. The average Bonchev–Trinajstić information content (AvgIpc) is 2.47. The van der Waals surface area contributed by atoms with Crippen molar-refractivity contribution in [3.05, 3.63) is 48.8 Å². The Morgan fingerprint density at radius 1 is 1.45 bits per heavy atom. The van der Waals surface area contributed by atoms with Crippen molar-refractivity contribution in [3.8, 4) is 5.75 Å². The predicted octanol–water partition coefficient (Wildman–Crippen LogP) is 1.73. The molecule has 22 heavy (non-hydrogen) atoms. The zero-order chi connectivity index (χ0) is 16.5. The van der Waals surface area contributed by atoms with Gasteiger partial charge in [0.25, 0.3) is 0 Å². The van der Waals surface area contributed by atoms with Crippen molar-refractivity contribution in [2.45, 2.75) is 19.4 Å². The van der Waals surface area contributed by atoms with Gasteiger partial charge in [0, 0.05) is 24.9 Å². The van der Waals surface area contributed by atoms with Crippen LogP contribution in [-0.2, 0) is 4.79 Å². The number of hydrogen-bond acceptors (Lipinski definition) is 6. The minimum atomic E-state index is -1.39. The van der Waals surface area contributed by atoms with E-state index < -0.39 is 24.0 Å². The molecule has 0 saturated carbocycles. The van der Waals surface area contributed by atoms with Crippen LogP contribution in [0, 0.1) is 5.41 Å². The fourth-order valence-electron chi connectivity index (χ4n) is 1.47. The molecular formula is C15H18FN3O3. The van der Waals surface area contributed by atoms with Gasteiger partial charge in [-0.1, -0.05) is 0 Å². The number of halogens is 1. The van der Waals surface area contributed by atoms with Crippen molar-refractivity contribution in [2.24, 2.45) is 5.73 Å². The number of rotatable bonds is 8. The minimum Gasteiger partial charge on any atom is -0.461 e. The molecule has 2 unspecified atom stereocenters. The molecular weight excluding hydrogens is 289 g/mol. The van der Waals surface area contributed by atoms with E-state index in [1.807, 2.05) is 0 Å². The van der Waals surface area contributed by atoms with Crippen LogP contribution in [0.15, 0.2) is 48.8 Å². The number of allylic oxidation sites excluding steroid dienone is 1. The number of carbonyl (C=O) groups is 1. The fraction of sp³-hybridized carbons (Fsp3) is 0.200. The number of benzene rings is 1. The molecule has 1 aromatic rings. The van der Waals surface area contributed by atoms with Gasteiger partial charge >= 0.3 is 0 Å². The highest BCUT2D eigenvalue weighted by Gasteiger charge is 2.13. The van der Waals surface area contributed by atoms with E-state index in [1.165, 1.54) is 13.1 Å². The predicted molar refractivity (Wildman–Crippen MR) is 82.5 cm³/mol. The van der Waals surface area contributed by atoms with Crippen molar-refractivity contribution in [1.29, 1.82) is 5.41 Å². The van der Waals surface area contributed by atoms with E-state index in [0.717, 1.165) is 18.4 Å². The maximum absolute atomic E-state index is 12.6. The van der Waals surface area contributed by atoms with Gasteiger partial charge in [-0.3, -0.25) is 10.2 Å². The smallest absolute Gasteiger partial charge is 0.235 e. The maximum atomic E-state index is 12.6. The molecule has 0 aliphatic rings. The number of nitrogens with one attached hydrogen (secondary N) is 2. The van der Waals surface area contributed by atoms with Gasteiger partial charge in [-0.2, -0.15) is 0 Å². The lowest BCUT2D eigenvalue weighted by molar-refractivity contribution is -0.109. The lowest BCUT2D eigenvalue weighted by Crippen LogP contribution is -2.24. The molecule has 0 amide bonds. The quantitative estimate of drug-likeness (QED) is 0.432. The summed E-state index contributed by atoms with van der Waals surface area (Å²) in [6.07, 6.45) is 1.92. The van der Waals surface area contributed by atoms with Crippen LogP contribution in [0.1, 0.15) is 6.92 Å². The van der Waals surface area contributed by atoms with Gasteiger partial charge < -0.3 is 20.9 Å². The van der Waals surface area contributed by atoms with Crippen LogP contribution in [0.3, 0.4) is 0 Å². The number of hydrogen-bond donors (Lipinski definition) is 4. The Kier molecular flexibility index (Phi) is 6.78. The number of ketones is 1. The standard InChI is InChI=1S/C15H18FN3O3/c1-10(16)22-12-4-2-11(3-5-12)19-9-7-14(21)15(18)13(20)6-8-17/h2-10,13,18-20H,17H2,1H3. The average molecular weight is 307 g/mol. The SMILES string of the molecule is CC(F)Oc1ccc(NC=CC(=O)C(=N)C(O)C=CN)cc1. The van der Waals surface area contributed by atoms with E-state index >= 15 is 0 Å². The molecule has 0 aromatic heterocycles. The Labute approximate surface area is 127 Å². The van der Waals surface area contributed by atoms with Gasteiger partial charge in [0.1, 0.15) is 17.6 Å². The van der Waals surface area contributed by atoms with Crippen LogP contribution in [0.4, 0.5) is 10.1 Å². The third-order valence-corrected chi connectivity index (χ3v) is 2.49. The molecule has 0 heterocycles. The number of ether oxygens (including phenoxy) is 1. The van der Waals surface area contributed by atoms with Crippen LogP contribution >= 0.6 is 0 Å². The van der Waals surface area contributed by atoms with Crippen LogP contribution in [-0.4, -0.2) is 29.1 Å². The van der Waals surface area contributed by atoms with Gasteiger partial charge in [0.05, 0.1) is 0 Å². The van der Waals surface area contributed by atoms with E-state index in [2.05, 4.69) is 5.32 Å². The lowest BCUT2D eigenvalue weighted by atomic mass is 10.1. The van der Waals surface area contributed by atoms with Crippen LogP contribution in [0.2, 0.25) is 0 Å². The van der Waals surface area contributed by atoms with Crippen molar-refractivity contribution in [2.75, 3.05) is 5.32 Å². The molecule has 0 fully saturated rings. The summed E-state index contributed by atoms with van der Waals surface area (Å²) < 4.78 is 17.5. The van der Waals surface area contributed by atoms with Gasteiger partial charge in [-0.15, -0.1) is 0 Å². The van der Waals surface area contributed by atoms with E-state index in [0.29, 0.717) is 11.4 Å². The maximum Gasteiger partial charge on any atom is 0.235 e. The summed E-state index contributed by atoms with van der Waals surface area (Å²) >= 11 is 0. The van der Waals surface area contributed by atoms with Crippen LogP contribution in [0.5, 0.6) is 5.75 Å². The third-order valence-electron chi connectivity index (χ3n) is 2.49. The number of anilines is 1. The van der Waals surface area contributed by atoms with E-state index in [4.69, 9.17) is 15.9 Å². The number of aliphatic hydroxyl groups is 1. The summed E-state index contributed by atoms with van der Waals surface area (Å²) in [5.41, 5.74) is 5.24. The minimum absolute atomic E-state index is 0.388. The van der Waals surface area contributed by atoms with Crippen molar-refractivity contribution < 1.29 is 19.0 Å². The molecule has 0 spiro atoms. The van der Waals surface area contributed by atoms with E-state index in [1.54, 1.807) is 24.3 Å². The summed E-state index contributed by atoms with van der Waals surface area (Å²) in [6.45, 7) is 1.28. The Morgan fingerprint density at radius 3 is 2.64 bits per heavy atom. The Morgan fingerprint density at radius 2 is 2.09 bits per heavy atom. The molecule has 0 bridgehead atoms. The first-order valence-corrected chi connectivity index (χ1v) is 6.47. The highest BCUT2D eigenvalue weighted by molar-refractivity contribution is 6.44. The first-order valence-electron chi connectivity index (χ1n) is 6.47. The summed E-state index contributed by atoms with van der Waals surface area (Å²) in [6, 6.07) is 6.44. The summed E-state index contributed by atoms with van der Waals surface area (Å²) in [5, 5.41) is 19.6. The highest BCUT2D eigenvalue weighted by Crippen LogP contribution is 2.17. The highest BCUT2D eigenvalue weighted by atomic mass is 19.1. The normalized spacial score (nSPS) is 14.0. The molecule has 118 valence electrons. The molecule has 0 saturated heterocycles. The molecule has 0 aliphatic heterocycles. The molecule has 5 N–H and O–H groups in total. The van der Waals surface area contributed by atoms with E-state index in [9.17, 15) is 14.3 Å². The Hall–Kier alpha value is -2.67. The molecule has 0 radical (unpaired) electrons. The molecule has 6 nitrogen and oxygen atoms in total. The van der Waals surface area contributed by atoms with Crippen LogP contribution < -0.4 is 15.8 Å². The fourth-order valence-corrected chi connectivity index (χ4v) is 1.47. The molecule has 7 heteroatoms. The first-order chi connectivity index (χ1) is 10.4. The summed E-state index contributed by atoms with van der Waals surface area (Å²) in [4.78, 5) is 11.6. The number of aliphatic hydroxyl groups excluding tert-OH is 1. The zero-order valence-electron chi connectivity index (χ0n) is 12.0. The lowest BCUT2D eigenvalue weighted by Gasteiger charge is -2.07. The topological polar surface area (TPSA) is 108 Å². The van der Waals surface area contributed by atoms with Crippen LogP contribution in [0.25, 0.3) is 0 Å².